The molecular weight excluding hydrogens is 288 g/mol. The molecule has 0 saturated heterocycles. The zero-order valence-corrected chi connectivity index (χ0v) is 14.7. The molecular formula is C16H34O6. The molecule has 0 aliphatic rings. The number of rotatable bonds is 17. The molecule has 0 aromatic carbocycles. The van der Waals surface area contributed by atoms with E-state index in [0.29, 0.717) is 66.1 Å². The van der Waals surface area contributed by atoms with Gasteiger partial charge in [-0.3, -0.25) is 0 Å². The molecule has 134 valence electrons. The first kappa shape index (κ1) is 21.8. The van der Waals surface area contributed by atoms with E-state index in [4.69, 9.17) is 28.4 Å². The third-order valence-corrected chi connectivity index (χ3v) is 2.47. The second-order valence-corrected chi connectivity index (χ2v) is 5.29. The number of hydrogen-bond acceptors (Lipinski definition) is 6. The van der Waals surface area contributed by atoms with Gasteiger partial charge in [-0.2, -0.15) is 0 Å². The van der Waals surface area contributed by atoms with Crippen LogP contribution in [0.25, 0.3) is 0 Å². The Labute approximate surface area is 135 Å². The van der Waals surface area contributed by atoms with Gasteiger partial charge < -0.3 is 28.4 Å². The maximum atomic E-state index is 5.38. The summed E-state index contributed by atoms with van der Waals surface area (Å²) in [7, 11) is 0. The minimum Gasteiger partial charge on any atom is -0.377 e. The standard InChI is InChI=1S/C16H34O6/c1-15(2)21-13-11-19-9-7-17-5-6-18-8-10-20-12-14-22-16(3)4/h15-16H,5-14H2,1-4H3. The molecule has 0 fully saturated rings. The van der Waals surface area contributed by atoms with Crippen molar-refractivity contribution in [1.82, 2.24) is 0 Å². The highest BCUT2D eigenvalue weighted by Crippen LogP contribution is 1.89. The minimum absolute atomic E-state index is 0.253. The van der Waals surface area contributed by atoms with E-state index in [0.717, 1.165) is 0 Å². The van der Waals surface area contributed by atoms with Crippen LogP contribution >= 0.6 is 0 Å². The van der Waals surface area contributed by atoms with Crippen molar-refractivity contribution in [2.45, 2.75) is 39.9 Å². The second kappa shape index (κ2) is 17.1. The first-order valence-electron chi connectivity index (χ1n) is 8.17. The van der Waals surface area contributed by atoms with Crippen LogP contribution in [-0.4, -0.2) is 78.3 Å². The molecule has 0 saturated carbocycles. The van der Waals surface area contributed by atoms with Crippen molar-refractivity contribution in [3.05, 3.63) is 0 Å². The number of ether oxygens (including phenoxy) is 6. The van der Waals surface area contributed by atoms with Crippen LogP contribution in [0.2, 0.25) is 0 Å². The predicted molar refractivity (Wildman–Crippen MR) is 85.5 cm³/mol. The van der Waals surface area contributed by atoms with Crippen LogP contribution < -0.4 is 0 Å². The van der Waals surface area contributed by atoms with E-state index in [1.807, 2.05) is 27.7 Å². The highest BCUT2D eigenvalue weighted by atomic mass is 16.6. The highest BCUT2D eigenvalue weighted by Gasteiger charge is 1.95. The van der Waals surface area contributed by atoms with Crippen LogP contribution in [0.3, 0.4) is 0 Å². The Balaban J connectivity index is 2.97. The Kier molecular flexibility index (Phi) is 16.9. The van der Waals surface area contributed by atoms with Crippen molar-refractivity contribution in [3.63, 3.8) is 0 Å². The van der Waals surface area contributed by atoms with E-state index < -0.39 is 0 Å². The van der Waals surface area contributed by atoms with Crippen LogP contribution in [0.1, 0.15) is 27.7 Å². The van der Waals surface area contributed by atoms with Gasteiger partial charge >= 0.3 is 0 Å². The van der Waals surface area contributed by atoms with Gasteiger partial charge in [0.25, 0.3) is 0 Å². The smallest absolute Gasteiger partial charge is 0.0703 e. The quantitative estimate of drug-likeness (QED) is 0.381. The maximum absolute atomic E-state index is 5.38. The third kappa shape index (κ3) is 19.8. The molecule has 0 unspecified atom stereocenters. The van der Waals surface area contributed by atoms with E-state index in [1.165, 1.54) is 0 Å². The summed E-state index contributed by atoms with van der Waals surface area (Å²) < 4.78 is 32.2. The minimum atomic E-state index is 0.253. The monoisotopic (exact) mass is 322 g/mol. The highest BCUT2D eigenvalue weighted by molar-refractivity contribution is 4.39. The molecule has 0 N–H and O–H groups in total. The van der Waals surface area contributed by atoms with Crippen molar-refractivity contribution >= 4 is 0 Å². The van der Waals surface area contributed by atoms with Crippen molar-refractivity contribution in [2.24, 2.45) is 0 Å². The molecule has 6 nitrogen and oxygen atoms in total. The van der Waals surface area contributed by atoms with Crippen LogP contribution in [0, 0.1) is 0 Å². The van der Waals surface area contributed by atoms with E-state index in [9.17, 15) is 0 Å². The molecule has 22 heavy (non-hydrogen) atoms. The lowest BCUT2D eigenvalue weighted by Crippen LogP contribution is -2.15. The Bertz CT molecular complexity index is 189. The Morgan fingerprint density at radius 2 is 0.636 bits per heavy atom. The van der Waals surface area contributed by atoms with Crippen LogP contribution in [-0.2, 0) is 28.4 Å². The SMILES string of the molecule is CC(C)OCCOCCOCCOCCOCCOC(C)C. The topological polar surface area (TPSA) is 55.4 Å². The summed E-state index contributed by atoms with van der Waals surface area (Å²) in [5, 5.41) is 0. The normalized spacial score (nSPS) is 11.7. The van der Waals surface area contributed by atoms with Gasteiger partial charge in [-0.05, 0) is 27.7 Å². The van der Waals surface area contributed by atoms with E-state index in [1.54, 1.807) is 0 Å². The lowest BCUT2D eigenvalue weighted by molar-refractivity contribution is -0.0244. The molecule has 0 heterocycles. The van der Waals surface area contributed by atoms with E-state index >= 15 is 0 Å². The zero-order valence-electron chi connectivity index (χ0n) is 14.7. The maximum Gasteiger partial charge on any atom is 0.0703 e. The predicted octanol–water partition coefficient (Wildman–Crippen LogP) is 1.90. The lowest BCUT2D eigenvalue weighted by Gasteiger charge is -2.09. The average molecular weight is 322 g/mol. The van der Waals surface area contributed by atoms with Gasteiger partial charge in [0.15, 0.2) is 0 Å². The summed E-state index contributed by atoms with van der Waals surface area (Å²) in [6.07, 6.45) is 0.507. The van der Waals surface area contributed by atoms with Crippen molar-refractivity contribution in [3.8, 4) is 0 Å². The summed E-state index contributed by atoms with van der Waals surface area (Å²) in [6.45, 7) is 14.0. The molecule has 0 atom stereocenters. The molecule has 0 aliphatic carbocycles. The van der Waals surface area contributed by atoms with Gasteiger partial charge in [-0.1, -0.05) is 0 Å². The largest absolute Gasteiger partial charge is 0.377 e. The fraction of sp³-hybridized carbons (Fsp3) is 1.00. The van der Waals surface area contributed by atoms with Gasteiger partial charge in [-0.15, -0.1) is 0 Å². The molecule has 0 spiro atoms. The Hall–Kier alpha value is -0.240. The van der Waals surface area contributed by atoms with Gasteiger partial charge in [-0.25, -0.2) is 0 Å². The molecule has 0 aromatic rings. The zero-order chi connectivity index (χ0) is 16.5. The Morgan fingerprint density at radius 1 is 0.409 bits per heavy atom. The molecule has 0 rings (SSSR count). The lowest BCUT2D eigenvalue weighted by atomic mass is 10.5. The van der Waals surface area contributed by atoms with Gasteiger partial charge in [0.2, 0.25) is 0 Å². The molecule has 0 bridgehead atoms. The summed E-state index contributed by atoms with van der Waals surface area (Å²) >= 11 is 0. The Morgan fingerprint density at radius 3 is 0.864 bits per heavy atom. The summed E-state index contributed by atoms with van der Waals surface area (Å²) in [4.78, 5) is 0. The molecule has 0 radical (unpaired) electrons. The molecule has 0 aromatic heterocycles. The first-order valence-corrected chi connectivity index (χ1v) is 8.17. The van der Waals surface area contributed by atoms with Crippen LogP contribution in [0.4, 0.5) is 0 Å². The van der Waals surface area contributed by atoms with Crippen LogP contribution in [0.5, 0.6) is 0 Å². The van der Waals surface area contributed by atoms with Gasteiger partial charge in [0.05, 0.1) is 78.3 Å². The van der Waals surface area contributed by atoms with Crippen molar-refractivity contribution < 1.29 is 28.4 Å². The van der Waals surface area contributed by atoms with Crippen molar-refractivity contribution in [1.29, 1.82) is 0 Å². The molecule has 6 heteroatoms. The van der Waals surface area contributed by atoms with E-state index in [2.05, 4.69) is 0 Å². The van der Waals surface area contributed by atoms with E-state index in [-0.39, 0.29) is 12.2 Å². The summed E-state index contributed by atoms with van der Waals surface area (Å²) in [6, 6.07) is 0. The fourth-order valence-corrected chi connectivity index (χ4v) is 1.45. The van der Waals surface area contributed by atoms with Gasteiger partial charge in [0.1, 0.15) is 0 Å². The molecule has 0 aliphatic heterocycles. The number of hydrogen-bond donors (Lipinski definition) is 0. The summed E-state index contributed by atoms with van der Waals surface area (Å²) in [5.41, 5.74) is 0. The second-order valence-electron chi connectivity index (χ2n) is 5.29. The summed E-state index contributed by atoms with van der Waals surface area (Å²) in [5.74, 6) is 0. The van der Waals surface area contributed by atoms with Crippen LogP contribution in [0.15, 0.2) is 0 Å². The molecule has 0 amide bonds. The van der Waals surface area contributed by atoms with Gasteiger partial charge in [0, 0.05) is 0 Å². The fourth-order valence-electron chi connectivity index (χ4n) is 1.45. The average Bonchev–Trinajstić information content (AvgIpc) is 2.46. The van der Waals surface area contributed by atoms with Crippen molar-refractivity contribution in [2.75, 3.05) is 66.1 Å². The first-order chi connectivity index (χ1) is 10.6. The third-order valence-electron chi connectivity index (χ3n) is 2.47.